The zero-order chi connectivity index (χ0) is 13.5. The Bertz CT molecular complexity index is 380. The molecule has 0 aliphatic carbocycles. The topological polar surface area (TPSA) is 33.7 Å². The first-order valence-corrected chi connectivity index (χ1v) is 6.17. The van der Waals surface area contributed by atoms with E-state index in [0.717, 1.165) is 31.1 Å². The molecule has 1 rings (SSSR count). The minimum Gasteiger partial charge on any atom is -0.493 e. The van der Waals surface area contributed by atoms with Crippen LogP contribution < -0.4 is 14.8 Å². The maximum Gasteiger partial charge on any atom is 0.161 e. The summed E-state index contributed by atoms with van der Waals surface area (Å²) in [4.78, 5) is 2.28. The molecule has 4 nitrogen and oxygen atoms in total. The van der Waals surface area contributed by atoms with Crippen molar-refractivity contribution in [2.45, 2.75) is 13.5 Å². The van der Waals surface area contributed by atoms with E-state index in [1.54, 1.807) is 14.2 Å². The zero-order valence-corrected chi connectivity index (χ0v) is 12.0. The molecule has 1 aromatic carbocycles. The summed E-state index contributed by atoms with van der Waals surface area (Å²) in [6.45, 7) is 5.02. The smallest absolute Gasteiger partial charge is 0.161 e. The maximum atomic E-state index is 5.34. The number of methoxy groups -OCH3 is 2. The van der Waals surface area contributed by atoms with Crippen LogP contribution in [0.1, 0.15) is 11.1 Å². The molecule has 18 heavy (non-hydrogen) atoms. The van der Waals surface area contributed by atoms with Gasteiger partial charge >= 0.3 is 0 Å². The van der Waals surface area contributed by atoms with E-state index in [2.05, 4.69) is 30.3 Å². The lowest BCUT2D eigenvalue weighted by atomic mass is 10.1. The number of benzene rings is 1. The van der Waals surface area contributed by atoms with Gasteiger partial charge in [-0.3, -0.25) is 0 Å². The summed E-state index contributed by atoms with van der Waals surface area (Å²) >= 11 is 0. The van der Waals surface area contributed by atoms with Crippen LogP contribution in [0.2, 0.25) is 0 Å². The van der Waals surface area contributed by atoms with Crippen molar-refractivity contribution in [3.63, 3.8) is 0 Å². The minimum atomic E-state index is 0.789. The van der Waals surface area contributed by atoms with Crippen LogP contribution in [-0.2, 0) is 6.54 Å². The Labute approximate surface area is 110 Å². The molecule has 0 saturated heterocycles. The second kappa shape index (κ2) is 7.24. The molecule has 0 saturated carbocycles. The Morgan fingerprint density at radius 2 is 1.78 bits per heavy atom. The largest absolute Gasteiger partial charge is 0.493 e. The predicted octanol–water partition coefficient (Wildman–Crippen LogP) is 1.66. The van der Waals surface area contributed by atoms with Gasteiger partial charge in [0, 0.05) is 19.6 Å². The molecule has 0 aromatic heterocycles. The van der Waals surface area contributed by atoms with Crippen LogP contribution in [0.3, 0.4) is 0 Å². The second-order valence-corrected chi connectivity index (χ2v) is 4.48. The fourth-order valence-electron chi connectivity index (χ4n) is 1.87. The van der Waals surface area contributed by atoms with Gasteiger partial charge < -0.3 is 19.7 Å². The van der Waals surface area contributed by atoms with E-state index < -0.39 is 0 Å². The highest BCUT2D eigenvalue weighted by Gasteiger charge is 2.10. The van der Waals surface area contributed by atoms with Gasteiger partial charge in [-0.2, -0.15) is 0 Å². The van der Waals surface area contributed by atoms with Gasteiger partial charge in [0.15, 0.2) is 11.5 Å². The molecule has 0 unspecified atom stereocenters. The third-order valence-corrected chi connectivity index (χ3v) is 3.03. The Morgan fingerprint density at radius 3 is 2.33 bits per heavy atom. The molecule has 0 amide bonds. The normalized spacial score (nSPS) is 10.8. The van der Waals surface area contributed by atoms with Gasteiger partial charge in [-0.25, -0.2) is 0 Å². The molecule has 0 aliphatic rings. The molecule has 102 valence electrons. The first-order chi connectivity index (χ1) is 8.62. The van der Waals surface area contributed by atoms with Crippen molar-refractivity contribution in [1.82, 2.24) is 10.2 Å². The summed E-state index contributed by atoms with van der Waals surface area (Å²) in [5.41, 5.74) is 2.50. The second-order valence-electron chi connectivity index (χ2n) is 4.48. The Morgan fingerprint density at radius 1 is 1.17 bits per heavy atom. The van der Waals surface area contributed by atoms with Gasteiger partial charge in [0.25, 0.3) is 0 Å². The monoisotopic (exact) mass is 252 g/mol. The average molecular weight is 252 g/mol. The predicted molar refractivity (Wildman–Crippen MR) is 74.5 cm³/mol. The van der Waals surface area contributed by atoms with E-state index >= 15 is 0 Å². The van der Waals surface area contributed by atoms with Crippen molar-refractivity contribution in [3.8, 4) is 11.5 Å². The molecule has 0 radical (unpaired) electrons. The van der Waals surface area contributed by atoms with Crippen molar-refractivity contribution in [2.24, 2.45) is 0 Å². The Balaban J connectivity index is 2.82. The van der Waals surface area contributed by atoms with Crippen LogP contribution in [0.25, 0.3) is 0 Å². The summed E-state index contributed by atoms with van der Waals surface area (Å²) in [5, 5.41) is 3.15. The summed E-state index contributed by atoms with van der Waals surface area (Å²) in [7, 11) is 7.42. The third kappa shape index (κ3) is 3.89. The van der Waals surface area contributed by atoms with Crippen LogP contribution >= 0.6 is 0 Å². The first-order valence-electron chi connectivity index (χ1n) is 6.17. The Kier molecular flexibility index (Phi) is 5.95. The molecule has 0 spiro atoms. The molecule has 0 atom stereocenters. The van der Waals surface area contributed by atoms with Crippen molar-refractivity contribution >= 4 is 0 Å². The first kappa shape index (κ1) is 14.8. The van der Waals surface area contributed by atoms with E-state index in [0.29, 0.717) is 0 Å². The molecule has 0 heterocycles. The number of likely N-dealkylation sites (N-methyl/N-ethyl adjacent to an activating group) is 2. The highest BCUT2D eigenvalue weighted by molar-refractivity contribution is 5.46. The maximum absolute atomic E-state index is 5.34. The SMILES string of the molecule is CNCCN(C)Cc1cc(OC)c(OC)cc1C. The summed E-state index contributed by atoms with van der Waals surface area (Å²) < 4.78 is 10.6. The van der Waals surface area contributed by atoms with E-state index in [1.807, 2.05) is 13.1 Å². The van der Waals surface area contributed by atoms with E-state index in [-0.39, 0.29) is 0 Å². The molecule has 1 aromatic rings. The number of nitrogens with one attached hydrogen (secondary N) is 1. The average Bonchev–Trinajstić information content (AvgIpc) is 2.38. The van der Waals surface area contributed by atoms with Gasteiger partial charge in [-0.15, -0.1) is 0 Å². The van der Waals surface area contributed by atoms with Gasteiger partial charge in [0.1, 0.15) is 0 Å². The quantitative estimate of drug-likeness (QED) is 0.800. The molecule has 4 heteroatoms. The van der Waals surface area contributed by atoms with Gasteiger partial charge in [-0.05, 0) is 44.3 Å². The fraction of sp³-hybridized carbons (Fsp3) is 0.571. The number of ether oxygens (including phenoxy) is 2. The number of rotatable bonds is 7. The lowest BCUT2D eigenvalue weighted by Gasteiger charge is -2.19. The number of aryl methyl sites for hydroxylation is 1. The highest BCUT2D eigenvalue weighted by Crippen LogP contribution is 2.30. The Hall–Kier alpha value is -1.26. The standard InChI is InChI=1S/C14H24N2O2/c1-11-8-13(17-4)14(18-5)9-12(11)10-16(3)7-6-15-2/h8-9,15H,6-7,10H2,1-5H3. The van der Waals surface area contributed by atoms with Crippen molar-refractivity contribution in [3.05, 3.63) is 23.3 Å². The number of nitrogens with zero attached hydrogens (tertiary/aromatic N) is 1. The molecule has 0 bridgehead atoms. The lowest BCUT2D eigenvalue weighted by Crippen LogP contribution is -2.27. The molecule has 0 fully saturated rings. The minimum absolute atomic E-state index is 0.789. The summed E-state index contributed by atoms with van der Waals surface area (Å²) in [6.07, 6.45) is 0. The van der Waals surface area contributed by atoms with E-state index in [1.165, 1.54) is 11.1 Å². The van der Waals surface area contributed by atoms with E-state index in [9.17, 15) is 0 Å². The molecular weight excluding hydrogens is 228 g/mol. The van der Waals surface area contributed by atoms with Gasteiger partial charge in [0.05, 0.1) is 14.2 Å². The number of hydrogen-bond acceptors (Lipinski definition) is 4. The van der Waals surface area contributed by atoms with Crippen LogP contribution in [-0.4, -0.2) is 46.3 Å². The third-order valence-electron chi connectivity index (χ3n) is 3.03. The van der Waals surface area contributed by atoms with Gasteiger partial charge in [-0.1, -0.05) is 0 Å². The van der Waals surface area contributed by atoms with Crippen molar-refractivity contribution in [1.29, 1.82) is 0 Å². The van der Waals surface area contributed by atoms with E-state index in [4.69, 9.17) is 9.47 Å². The summed E-state index contributed by atoms with van der Waals surface area (Å²) in [6, 6.07) is 4.09. The molecular formula is C14H24N2O2. The van der Waals surface area contributed by atoms with Crippen molar-refractivity contribution in [2.75, 3.05) is 41.4 Å². The number of hydrogen-bond donors (Lipinski definition) is 1. The highest BCUT2D eigenvalue weighted by atomic mass is 16.5. The zero-order valence-electron chi connectivity index (χ0n) is 12.0. The van der Waals surface area contributed by atoms with Crippen LogP contribution in [0.15, 0.2) is 12.1 Å². The van der Waals surface area contributed by atoms with Gasteiger partial charge in [0.2, 0.25) is 0 Å². The molecule has 0 aliphatic heterocycles. The molecule has 1 N–H and O–H groups in total. The van der Waals surface area contributed by atoms with Crippen molar-refractivity contribution < 1.29 is 9.47 Å². The van der Waals surface area contributed by atoms with Crippen LogP contribution in [0.5, 0.6) is 11.5 Å². The van der Waals surface area contributed by atoms with Crippen LogP contribution in [0.4, 0.5) is 0 Å². The lowest BCUT2D eigenvalue weighted by molar-refractivity contribution is 0.324. The van der Waals surface area contributed by atoms with Crippen LogP contribution in [0, 0.1) is 6.92 Å². The fourth-order valence-corrected chi connectivity index (χ4v) is 1.87. The summed E-state index contributed by atoms with van der Waals surface area (Å²) in [5.74, 6) is 1.58.